The lowest BCUT2D eigenvalue weighted by Crippen LogP contribution is -2.23. The highest BCUT2D eigenvalue weighted by molar-refractivity contribution is 8.18. The predicted molar refractivity (Wildman–Crippen MR) is 150 cm³/mol. The molecular formula is C28H30ClF3N4O2S. The molecule has 2 aromatic carbocycles. The van der Waals surface area contributed by atoms with Gasteiger partial charge in [-0.1, -0.05) is 29.8 Å². The highest BCUT2D eigenvalue weighted by Gasteiger charge is 2.34. The van der Waals surface area contributed by atoms with Crippen molar-refractivity contribution in [3.05, 3.63) is 80.9 Å². The number of halogens is 4. The number of thioether (sulfide) groups is 1. The number of rotatable bonds is 8. The van der Waals surface area contributed by atoms with E-state index < -0.39 is 17.6 Å². The van der Waals surface area contributed by atoms with Gasteiger partial charge in [0.15, 0.2) is 0 Å². The summed E-state index contributed by atoms with van der Waals surface area (Å²) in [6.07, 6.45) is 4.67. The Morgan fingerprint density at radius 2 is 1.79 bits per heavy atom. The van der Waals surface area contributed by atoms with Crippen LogP contribution in [0, 0.1) is 11.8 Å². The zero-order valence-electron chi connectivity index (χ0n) is 21.1. The molecule has 0 bridgehead atoms. The molecule has 0 unspecified atom stereocenters. The van der Waals surface area contributed by atoms with Crippen LogP contribution in [0.1, 0.15) is 47.9 Å². The van der Waals surface area contributed by atoms with Gasteiger partial charge in [0.1, 0.15) is 0 Å². The Kier molecular flexibility index (Phi) is 9.43. The van der Waals surface area contributed by atoms with Crippen LogP contribution in [-0.2, 0) is 24.1 Å². The quantitative estimate of drug-likeness (QED) is 0.300. The van der Waals surface area contributed by atoms with Crippen LogP contribution in [0.15, 0.2) is 53.6 Å². The van der Waals surface area contributed by atoms with E-state index in [1.54, 1.807) is 30.5 Å². The van der Waals surface area contributed by atoms with Gasteiger partial charge in [0.2, 0.25) is 0 Å². The van der Waals surface area contributed by atoms with E-state index in [0.29, 0.717) is 35.2 Å². The predicted octanol–water partition coefficient (Wildman–Crippen LogP) is 6.74. The van der Waals surface area contributed by atoms with Crippen LogP contribution in [0.5, 0.6) is 0 Å². The van der Waals surface area contributed by atoms with Gasteiger partial charge in [-0.25, -0.2) is 4.90 Å². The molecule has 0 spiro atoms. The van der Waals surface area contributed by atoms with E-state index in [0.717, 1.165) is 48.4 Å². The number of nitrogens with two attached hydrogens (primary N) is 2. The summed E-state index contributed by atoms with van der Waals surface area (Å²) in [6.45, 7) is 0.722. The Morgan fingerprint density at radius 1 is 1.05 bits per heavy atom. The summed E-state index contributed by atoms with van der Waals surface area (Å²) in [5.41, 5.74) is 12.8. The molecule has 1 aliphatic heterocycles. The molecule has 2 amide bonds. The Labute approximate surface area is 234 Å². The molecule has 0 radical (unpaired) electrons. The van der Waals surface area contributed by atoms with Crippen molar-refractivity contribution in [2.24, 2.45) is 23.3 Å². The summed E-state index contributed by atoms with van der Waals surface area (Å²) in [7, 11) is 0. The number of imide groups is 1. The summed E-state index contributed by atoms with van der Waals surface area (Å²) < 4.78 is 40.3. The highest BCUT2D eigenvalue weighted by atomic mass is 35.5. The smallest absolute Gasteiger partial charge is 0.381 e. The van der Waals surface area contributed by atoms with Crippen molar-refractivity contribution in [3.8, 4) is 0 Å². The first-order valence-corrected chi connectivity index (χ1v) is 13.9. The molecule has 0 aromatic heterocycles. The Balaban J connectivity index is 1.44. The van der Waals surface area contributed by atoms with Crippen molar-refractivity contribution in [1.82, 2.24) is 4.90 Å². The fraction of sp³-hybridized carbons (Fsp3) is 0.357. The molecule has 0 atom stereocenters. The number of benzene rings is 2. The van der Waals surface area contributed by atoms with Gasteiger partial charge in [-0.15, -0.1) is 0 Å². The zero-order chi connectivity index (χ0) is 28.2. The van der Waals surface area contributed by atoms with Crippen molar-refractivity contribution in [1.29, 1.82) is 0 Å². The van der Waals surface area contributed by atoms with Crippen LogP contribution in [0.2, 0.25) is 5.02 Å². The third-order valence-electron chi connectivity index (χ3n) is 7.05. The molecule has 1 saturated carbocycles. The van der Waals surface area contributed by atoms with Gasteiger partial charge in [0, 0.05) is 30.0 Å². The van der Waals surface area contributed by atoms with Crippen LogP contribution < -0.4 is 16.8 Å². The second-order valence-corrected chi connectivity index (χ2v) is 11.1. The molecule has 1 aliphatic carbocycles. The molecule has 1 saturated heterocycles. The average Bonchev–Trinajstić information content (AvgIpc) is 3.18. The monoisotopic (exact) mass is 578 g/mol. The molecule has 39 heavy (non-hydrogen) atoms. The van der Waals surface area contributed by atoms with E-state index in [1.165, 1.54) is 12.1 Å². The minimum atomic E-state index is -4.54. The Bertz CT molecular complexity index is 1290. The largest absolute Gasteiger partial charge is 0.416 e. The van der Waals surface area contributed by atoms with Gasteiger partial charge < -0.3 is 16.8 Å². The number of anilines is 1. The molecule has 6 nitrogen and oxygen atoms in total. The van der Waals surface area contributed by atoms with Crippen molar-refractivity contribution < 1.29 is 22.8 Å². The van der Waals surface area contributed by atoms with Crippen molar-refractivity contribution >= 4 is 46.3 Å². The van der Waals surface area contributed by atoms with Crippen LogP contribution in [0.4, 0.5) is 23.7 Å². The molecule has 11 heteroatoms. The molecule has 5 N–H and O–H groups in total. The molecular weight excluding hydrogens is 549 g/mol. The van der Waals surface area contributed by atoms with E-state index in [-0.39, 0.29) is 33.8 Å². The van der Waals surface area contributed by atoms with Crippen LogP contribution >= 0.6 is 23.4 Å². The molecule has 4 rings (SSSR count). The number of allylic oxidation sites excluding steroid dienone is 1. The molecule has 2 aliphatic rings. The van der Waals surface area contributed by atoms with Gasteiger partial charge in [0.25, 0.3) is 11.1 Å². The Hall–Kier alpha value is -2.79. The molecule has 208 valence electrons. The van der Waals surface area contributed by atoms with E-state index in [9.17, 15) is 22.8 Å². The normalized spacial score (nSPS) is 21.4. The topological polar surface area (TPSA) is 101 Å². The summed E-state index contributed by atoms with van der Waals surface area (Å²) in [4.78, 5) is 26.9. The lowest BCUT2D eigenvalue weighted by molar-refractivity contribution is -0.138. The average molecular weight is 579 g/mol. The number of amides is 2. The lowest BCUT2D eigenvalue weighted by atomic mass is 9.82. The number of carbonyl (C=O) groups is 2. The maximum atomic E-state index is 13.4. The molecule has 1 heterocycles. The maximum absolute atomic E-state index is 13.4. The highest BCUT2D eigenvalue weighted by Crippen LogP contribution is 2.36. The minimum Gasteiger partial charge on any atom is -0.381 e. The SMILES string of the molecule is NCc1cc(C=C2SC(=O)N(C=CC3CCC(CN)CC3)C2=O)ccc1NCc1ccc(Cl)cc1C(F)(F)F. The number of hydrogen-bond acceptors (Lipinski definition) is 6. The lowest BCUT2D eigenvalue weighted by Gasteiger charge is -2.25. The fourth-order valence-electron chi connectivity index (χ4n) is 4.79. The van der Waals surface area contributed by atoms with Crippen molar-refractivity contribution in [2.75, 3.05) is 11.9 Å². The van der Waals surface area contributed by atoms with Gasteiger partial charge in [-0.05, 0) is 103 Å². The molecule has 2 aromatic rings. The third-order valence-corrected chi connectivity index (χ3v) is 8.17. The van der Waals surface area contributed by atoms with E-state index in [2.05, 4.69) is 5.32 Å². The number of nitrogens with zero attached hydrogens (tertiary/aromatic N) is 1. The summed E-state index contributed by atoms with van der Waals surface area (Å²) in [5, 5.41) is 2.66. The second kappa shape index (κ2) is 12.6. The van der Waals surface area contributed by atoms with E-state index in [4.69, 9.17) is 23.1 Å². The fourth-order valence-corrected chi connectivity index (χ4v) is 5.77. The first-order chi connectivity index (χ1) is 18.6. The summed E-state index contributed by atoms with van der Waals surface area (Å²) in [5.74, 6) is 0.471. The Morgan fingerprint density at radius 3 is 2.46 bits per heavy atom. The third kappa shape index (κ3) is 7.25. The van der Waals surface area contributed by atoms with E-state index in [1.807, 2.05) is 6.08 Å². The summed E-state index contributed by atoms with van der Waals surface area (Å²) >= 11 is 6.63. The number of alkyl halides is 3. The first-order valence-electron chi connectivity index (χ1n) is 12.7. The number of carbonyl (C=O) groups excluding carboxylic acids is 2. The first kappa shape index (κ1) is 29.2. The van der Waals surface area contributed by atoms with Crippen LogP contribution in [-0.4, -0.2) is 22.6 Å². The zero-order valence-corrected chi connectivity index (χ0v) is 22.7. The van der Waals surface area contributed by atoms with E-state index >= 15 is 0 Å². The van der Waals surface area contributed by atoms with Gasteiger partial charge in [0.05, 0.1) is 10.5 Å². The second-order valence-electron chi connectivity index (χ2n) is 9.68. The maximum Gasteiger partial charge on any atom is 0.416 e. The minimum absolute atomic E-state index is 0.00705. The van der Waals surface area contributed by atoms with Crippen molar-refractivity contribution in [3.63, 3.8) is 0 Å². The van der Waals surface area contributed by atoms with Crippen LogP contribution in [0.3, 0.4) is 0 Å². The van der Waals surface area contributed by atoms with Gasteiger partial charge in [-0.3, -0.25) is 9.59 Å². The van der Waals surface area contributed by atoms with Gasteiger partial charge in [-0.2, -0.15) is 13.2 Å². The molecule has 2 fully saturated rings. The standard InChI is InChI=1S/C28H30ClF3N4O2S/c29-22-7-6-20(23(13-22)28(30,31)32)16-35-24-8-5-19(11-21(24)15-34)12-25-26(37)36(27(38)39-25)10-9-17-1-3-18(14-33)4-2-17/h5-13,17-18,35H,1-4,14-16,33-34H2. The number of hydrogen-bond donors (Lipinski definition) is 3. The van der Waals surface area contributed by atoms with Gasteiger partial charge >= 0.3 is 6.18 Å². The number of nitrogens with one attached hydrogen (secondary N) is 1. The summed E-state index contributed by atoms with van der Waals surface area (Å²) in [6, 6.07) is 8.81. The van der Waals surface area contributed by atoms with Crippen LogP contribution in [0.25, 0.3) is 6.08 Å². The van der Waals surface area contributed by atoms with Crippen molar-refractivity contribution in [2.45, 2.75) is 44.9 Å².